The number of carbonyl (C=O) groups is 2. The van der Waals surface area contributed by atoms with Gasteiger partial charge in [-0.25, -0.2) is 0 Å². The Morgan fingerprint density at radius 3 is 2.31 bits per heavy atom. The van der Waals surface area contributed by atoms with E-state index < -0.39 is 0 Å². The summed E-state index contributed by atoms with van der Waals surface area (Å²) in [5.74, 6) is 0.624. The minimum atomic E-state index is -0.266. The van der Waals surface area contributed by atoms with Gasteiger partial charge in [0.15, 0.2) is 0 Å². The quantitative estimate of drug-likeness (QED) is 0.784. The van der Waals surface area contributed by atoms with Gasteiger partial charge in [0.25, 0.3) is 0 Å². The summed E-state index contributed by atoms with van der Waals surface area (Å²) in [5, 5.41) is 0. The Morgan fingerprint density at radius 2 is 1.66 bits per heavy atom. The van der Waals surface area contributed by atoms with Gasteiger partial charge in [-0.2, -0.15) is 0 Å². The molecule has 2 aromatic rings. The molecule has 6 heteroatoms. The molecular weight excluding hydrogens is 366 g/mol. The van der Waals surface area contributed by atoms with Crippen LogP contribution in [0.2, 0.25) is 0 Å². The number of benzene rings is 2. The maximum absolute atomic E-state index is 13.0. The molecule has 2 heterocycles. The van der Waals surface area contributed by atoms with E-state index >= 15 is 0 Å². The van der Waals surface area contributed by atoms with Gasteiger partial charge in [-0.1, -0.05) is 18.2 Å². The van der Waals surface area contributed by atoms with Crippen LogP contribution in [0.15, 0.2) is 54.6 Å². The molecule has 2 aromatic carbocycles. The number of amides is 2. The van der Waals surface area contributed by atoms with E-state index in [-0.39, 0.29) is 24.2 Å². The Kier molecular flexibility index (Phi) is 5.69. The summed E-state index contributed by atoms with van der Waals surface area (Å²) in [7, 11) is 0. The van der Waals surface area contributed by atoms with Gasteiger partial charge in [0, 0.05) is 50.5 Å². The van der Waals surface area contributed by atoms with Gasteiger partial charge in [-0.15, -0.1) is 0 Å². The molecule has 0 spiro atoms. The Morgan fingerprint density at radius 1 is 0.966 bits per heavy atom. The molecule has 6 nitrogen and oxygen atoms in total. The molecule has 2 aliphatic rings. The summed E-state index contributed by atoms with van der Waals surface area (Å²) < 4.78 is 5.46. The molecule has 2 amide bonds. The van der Waals surface area contributed by atoms with Crippen molar-refractivity contribution in [3.05, 3.63) is 54.6 Å². The van der Waals surface area contributed by atoms with Crippen LogP contribution in [0.4, 0.5) is 11.4 Å². The van der Waals surface area contributed by atoms with Crippen molar-refractivity contribution in [1.82, 2.24) is 4.90 Å². The Labute approximate surface area is 171 Å². The molecule has 0 N–H and O–H groups in total. The van der Waals surface area contributed by atoms with Crippen molar-refractivity contribution in [2.24, 2.45) is 5.92 Å². The zero-order valence-corrected chi connectivity index (χ0v) is 16.8. The zero-order chi connectivity index (χ0) is 20.2. The molecular formula is C23H27N3O3. The standard InChI is InChI=1S/C23H27N3O3/c1-2-29-21-10-8-20(9-11-21)26-17-18(16-22(26)27)23(28)25-14-12-24(13-15-25)19-6-4-3-5-7-19/h3-11,18H,2,12-17H2,1H3/t18-/m0/s1. The van der Waals surface area contributed by atoms with Crippen LogP contribution in [0.1, 0.15) is 13.3 Å². The first-order chi connectivity index (χ1) is 14.2. The zero-order valence-electron chi connectivity index (χ0n) is 16.8. The number of piperazine rings is 1. The van der Waals surface area contributed by atoms with E-state index in [1.165, 1.54) is 5.69 Å². The molecule has 0 aromatic heterocycles. The monoisotopic (exact) mass is 393 g/mol. The lowest BCUT2D eigenvalue weighted by Crippen LogP contribution is -2.50. The minimum Gasteiger partial charge on any atom is -0.494 e. The summed E-state index contributed by atoms with van der Waals surface area (Å²) in [6, 6.07) is 17.8. The van der Waals surface area contributed by atoms with Crippen LogP contribution in [0.3, 0.4) is 0 Å². The Balaban J connectivity index is 1.35. The molecule has 2 fully saturated rings. The summed E-state index contributed by atoms with van der Waals surface area (Å²) in [5.41, 5.74) is 2.01. The number of ether oxygens (including phenoxy) is 1. The summed E-state index contributed by atoms with van der Waals surface area (Å²) in [4.78, 5) is 31.5. The van der Waals surface area contributed by atoms with Crippen molar-refractivity contribution < 1.29 is 14.3 Å². The van der Waals surface area contributed by atoms with E-state index in [0.717, 1.165) is 24.5 Å². The van der Waals surface area contributed by atoms with E-state index in [4.69, 9.17) is 4.74 Å². The number of carbonyl (C=O) groups excluding carboxylic acids is 2. The second kappa shape index (κ2) is 8.55. The van der Waals surface area contributed by atoms with Crippen molar-refractivity contribution in [2.45, 2.75) is 13.3 Å². The molecule has 0 saturated carbocycles. The van der Waals surface area contributed by atoms with Gasteiger partial charge in [0.2, 0.25) is 11.8 Å². The van der Waals surface area contributed by atoms with Crippen LogP contribution < -0.4 is 14.5 Å². The van der Waals surface area contributed by atoms with E-state index in [1.807, 2.05) is 54.3 Å². The molecule has 0 radical (unpaired) electrons. The Hall–Kier alpha value is -3.02. The van der Waals surface area contributed by atoms with Gasteiger partial charge in [0.1, 0.15) is 5.75 Å². The third-order valence-corrected chi connectivity index (χ3v) is 5.65. The Bertz CT molecular complexity index is 845. The highest BCUT2D eigenvalue weighted by Gasteiger charge is 2.37. The molecule has 0 unspecified atom stereocenters. The third kappa shape index (κ3) is 4.21. The van der Waals surface area contributed by atoms with Crippen molar-refractivity contribution in [3.8, 4) is 5.75 Å². The summed E-state index contributed by atoms with van der Waals surface area (Å²) in [6.45, 7) is 6.02. The average Bonchev–Trinajstić information content (AvgIpc) is 3.16. The van der Waals surface area contributed by atoms with Gasteiger partial charge in [0.05, 0.1) is 12.5 Å². The van der Waals surface area contributed by atoms with Crippen molar-refractivity contribution >= 4 is 23.2 Å². The summed E-state index contributed by atoms with van der Waals surface area (Å²) in [6.07, 6.45) is 0.283. The van der Waals surface area contributed by atoms with Crippen LogP contribution in [0.5, 0.6) is 5.75 Å². The normalized spacial score (nSPS) is 19.6. The van der Waals surface area contributed by atoms with Crippen LogP contribution >= 0.6 is 0 Å². The number of rotatable bonds is 5. The SMILES string of the molecule is CCOc1ccc(N2C[C@@H](C(=O)N3CCN(c4ccccc4)CC3)CC2=O)cc1. The first-order valence-electron chi connectivity index (χ1n) is 10.3. The molecule has 0 aliphatic carbocycles. The predicted octanol–water partition coefficient (Wildman–Crippen LogP) is 2.79. The average molecular weight is 393 g/mol. The van der Waals surface area contributed by atoms with Gasteiger partial charge < -0.3 is 19.4 Å². The number of hydrogen-bond donors (Lipinski definition) is 0. The van der Waals surface area contributed by atoms with Crippen molar-refractivity contribution in [2.75, 3.05) is 49.1 Å². The third-order valence-electron chi connectivity index (χ3n) is 5.65. The molecule has 0 bridgehead atoms. The fourth-order valence-corrected chi connectivity index (χ4v) is 4.09. The fraction of sp³-hybridized carbons (Fsp3) is 0.391. The number of anilines is 2. The first-order valence-corrected chi connectivity index (χ1v) is 10.3. The van der Waals surface area contributed by atoms with E-state index in [9.17, 15) is 9.59 Å². The molecule has 1 atom stereocenters. The maximum atomic E-state index is 13.0. The van der Waals surface area contributed by atoms with E-state index in [1.54, 1.807) is 4.90 Å². The van der Waals surface area contributed by atoms with E-state index in [0.29, 0.717) is 26.2 Å². The first kappa shape index (κ1) is 19.3. The van der Waals surface area contributed by atoms with Gasteiger partial charge in [-0.3, -0.25) is 9.59 Å². The van der Waals surface area contributed by atoms with E-state index in [2.05, 4.69) is 17.0 Å². The highest BCUT2D eigenvalue weighted by atomic mass is 16.5. The second-order valence-corrected chi connectivity index (χ2v) is 7.48. The van der Waals surface area contributed by atoms with Gasteiger partial charge >= 0.3 is 0 Å². The van der Waals surface area contributed by atoms with Crippen LogP contribution in [0.25, 0.3) is 0 Å². The largest absolute Gasteiger partial charge is 0.494 e. The molecule has 152 valence electrons. The lowest BCUT2D eigenvalue weighted by atomic mass is 10.1. The smallest absolute Gasteiger partial charge is 0.228 e. The second-order valence-electron chi connectivity index (χ2n) is 7.48. The van der Waals surface area contributed by atoms with Crippen LogP contribution in [-0.2, 0) is 9.59 Å². The van der Waals surface area contributed by atoms with Crippen molar-refractivity contribution in [3.63, 3.8) is 0 Å². The minimum absolute atomic E-state index is 0.00966. The summed E-state index contributed by atoms with van der Waals surface area (Å²) >= 11 is 0. The molecule has 2 aliphatic heterocycles. The topological polar surface area (TPSA) is 53.1 Å². The number of nitrogens with zero attached hydrogens (tertiary/aromatic N) is 3. The maximum Gasteiger partial charge on any atom is 0.228 e. The highest BCUT2D eigenvalue weighted by Crippen LogP contribution is 2.28. The van der Waals surface area contributed by atoms with Crippen molar-refractivity contribution in [1.29, 1.82) is 0 Å². The van der Waals surface area contributed by atoms with Crippen LogP contribution in [0, 0.1) is 5.92 Å². The number of hydrogen-bond acceptors (Lipinski definition) is 4. The molecule has 2 saturated heterocycles. The number of para-hydroxylation sites is 1. The van der Waals surface area contributed by atoms with Gasteiger partial charge in [-0.05, 0) is 43.3 Å². The predicted molar refractivity (Wildman–Crippen MR) is 113 cm³/mol. The highest BCUT2D eigenvalue weighted by molar-refractivity contribution is 6.00. The fourth-order valence-electron chi connectivity index (χ4n) is 4.09. The lowest BCUT2D eigenvalue weighted by Gasteiger charge is -2.37. The molecule has 4 rings (SSSR count). The lowest BCUT2D eigenvalue weighted by molar-refractivity contribution is -0.136. The van der Waals surface area contributed by atoms with Crippen LogP contribution in [-0.4, -0.2) is 56.0 Å². The molecule has 29 heavy (non-hydrogen) atoms.